The molecule has 116 valence electrons. The first kappa shape index (κ1) is 15.8. The number of anilines is 4. The van der Waals surface area contributed by atoms with Crippen LogP contribution in [0.25, 0.3) is 0 Å². The minimum absolute atomic E-state index is 0.0725. The fourth-order valence-corrected chi connectivity index (χ4v) is 1.90. The van der Waals surface area contributed by atoms with Crippen LogP contribution in [0.5, 0.6) is 0 Å². The van der Waals surface area contributed by atoms with Crippen molar-refractivity contribution in [2.45, 2.75) is 33.2 Å². The van der Waals surface area contributed by atoms with Crippen molar-refractivity contribution in [1.29, 1.82) is 0 Å². The maximum Gasteiger partial charge on any atom is 0.221 e. The summed E-state index contributed by atoms with van der Waals surface area (Å²) < 4.78 is 0. The second-order valence-electron chi connectivity index (χ2n) is 6.05. The molecule has 0 unspecified atom stereocenters. The smallest absolute Gasteiger partial charge is 0.221 e. The lowest BCUT2D eigenvalue weighted by Crippen LogP contribution is -2.26. The van der Waals surface area contributed by atoms with Crippen molar-refractivity contribution in [1.82, 2.24) is 9.97 Å². The number of hydrogen-bond acceptors (Lipinski definition) is 5. The lowest BCUT2D eigenvalue weighted by Gasteiger charge is -2.21. The number of nitrogens with one attached hydrogen (secondary N) is 3. The molecule has 0 aliphatic carbocycles. The van der Waals surface area contributed by atoms with E-state index in [1.165, 1.54) is 13.3 Å². The zero-order chi connectivity index (χ0) is 16.2. The molecule has 3 N–H and O–H groups in total. The monoisotopic (exact) mass is 299 g/mol. The Bertz CT molecular complexity index is 664. The molecule has 0 aliphatic rings. The average molecular weight is 299 g/mol. The van der Waals surface area contributed by atoms with Gasteiger partial charge < -0.3 is 16.0 Å². The summed E-state index contributed by atoms with van der Waals surface area (Å²) >= 11 is 0. The van der Waals surface area contributed by atoms with Gasteiger partial charge in [0.05, 0.1) is 0 Å². The summed E-state index contributed by atoms with van der Waals surface area (Å²) in [6, 6.07) is 9.29. The Morgan fingerprint density at radius 1 is 1.05 bits per heavy atom. The Morgan fingerprint density at radius 2 is 1.73 bits per heavy atom. The van der Waals surface area contributed by atoms with Gasteiger partial charge in [-0.3, -0.25) is 4.79 Å². The Hall–Kier alpha value is -2.63. The molecule has 1 aromatic carbocycles. The van der Waals surface area contributed by atoms with Crippen molar-refractivity contribution in [3.8, 4) is 0 Å². The lowest BCUT2D eigenvalue weighted by atomic mass is 10.1. The molecule has 1 amide bonds. The van der Waals surface area contributed by atoms with E-state index >= 15 is 0 Å². The fraction of sp³-hybridized carbons (Fsp3) is 0.312. The van der Waals surface area contributed by atoms with Gasteiger partial charge in [0.25, 0.3) is 0 Å². The van der Waals surface area contributed by atoms with Crippen LogP contribution in [0.2, 0.25) is 0 Å². The van der Waals surface area contributed by atoms with Crippen molar-refractivity contribution < 1.29 is 4.79 Å². The van der Waals surface area contributed by atoms with Crippen LogP contribution in [0.3, 0.4) is 0 Å². The highest BCUT2D eigenvalue weighted by Gasteiger charge is 2.10. The largest absolute Gasteiger partial charge is 0.365 e. The van der Waals surface area contributed by atoms with Crippen LogP contribution in [-0.4, -0.2) is 21.4 Å². The normalized spacial score (nSPS) is 10.9. The van der Waals surface area contributed by atoms with Gasteiger partial charge in [0.1, 0.15) is 18.0 Å². The molecule has 0 aliphatic heterocycles. The van der Waals surface area contributed by atoms with Gasteiger partial charge in [-0.1, -0.05) is 6.07 Å². The van der Waals surface area contributed by atoms with Crippen LogP contribution in [-0.2, 0) is 4.79 Å². The van der Waals surface area contributed by atoms with Crippen molar-refractivity contribution in [2.24, 2.45) is 0 Å². The number of nitrogens with zero attached hydrogens (tertiary/aromatic N) is 2. The number of benzene rings is 1. The second kappa shape index (κ2) is 6.43. The van der Waals surface area contributed by atoms with E-state index in [4.69, 9.17) is 0 Å². The van der Waals surface area contributed by atoms with Gasteiger partial charge in [-0.15, -0.1) is 0 Å². The summed E-state index contributed by atoms with van der Waals surface area (Å²) in [6.07, 6.45) is 1.51. The number of aromatic nitrogens is 2. The molecule has 22 heavy (non-hydrogen) atoms. The van der Waals surface area contributed by atoms with E-state index in [-0.39, 0.29) is 11.4 Å². The van der Waals surface area contributed by atoms with E-state index in [0.29, 0.717) is 5.82 Å². The van der Waals surface area contributed by atoms with E-state index in [0.717, 1.165) is 17.2 Å². The molecule has 0 fully saturated rings. The predicted molar refractivity (Wildman–Crippen MR) is 89.4 cm³/mol. The third-order valence-electron chi connectivity index (χ3n) is 2.63. The summed E-state index contributed by atoms with van der Waals surface area (Å²) in [7, 11) is 0. The van der Waals surface area contributed by atoms with Crippen molar-refractivity contribution in [3.63, 3.8) is 0 Å². The van der Waals surface area contributed by atoms with Gasteiger partial charge in [-0.2, -0.15) is 0 Å². The van der Waals surface area contributed by atoms with Crippen LogP contribution in [0.4, 0.5) is 23.0 Å². The molecule has 6 nitrogen and oxygen atoms in total. The van der Waals surface area contributed by atoms with Gasteiger partial charge >= 0.3 is 0 Å². The Morgan fingerprint density at radius 3 is 2.41 bits per heavy atom. The molecule has 0 radical (unpaired) electrons. The first-order chi connectivity index (χ1) is 10.3. The number of carbonyl (C=O) groups is 1. The van der Waals surface area contributed by atoms with Crippen LogP contribution in [0, 0.1) is 0 Å². The fourth-order valence-electron chi connectivity index (χ4n) is 1.90. The summed E-state index contributed by atoms with van der Waals surface area (Å²) in [4.78, 5) is 19.5. The van der Waals surface area contributed by atoms with Crippen LogP contribution >= 0.6 is 0 Å². The van der Waals surface area contributed by atoms with Crippen molar-refractivity contribution in [2.75, 3.05) is 16.0 Å². The lowest BCUT2D eigenvalue weighted by molar-refractivity contribution is -0.114. The van der Waals surface area contributed by atoms with E-state index < -0.39 is 0 Å². The minimum atomic E-state index is -0.101. The van der Waals surface area contributed by atoms with Gasteiger partial charge in [-0.25, -0.2) is 9.97 Å². The van der Waals surface area contributed by atoms with Gasteiger partial charge in [0.2, 0.25) is 5.91 Å². The van der Waals surface area contributed by atoms with Crippen LogP contribution < -0.4 is 16.0 Å². The highest BCUT2D eigenvalue weighted by atomic mass is 16.1. The topological polar surface area (TPSA) is 78.9 Å². The molecule has 6 heteroatoms. The molecule has 0 saturated carbocycles. The maximum atomic E-state index is 11.1. The third kappa shape index (κ3) is 5.05. The predicted octanol–water partition coefficient (Wildman–Crippen LogP) is 3.39. The number of carbonyl (C=O) groups excluding carboxylic acids is 1. The quantitative estimate of drug-likeness (QED) is 0.806. The van der Waals surface area contributed by atoms with E-state index in [1.807, 2.05) is 30.3 Å². The zero-order valence-electron chi connectivity index (χ0n) is 13.3. The number of hydrogen-bond donors (Lipinski definition) is 3. The van der Waals surface area contributed by atoms with Crippen LogP contribution in [0.15, 0.2) is 36.7 Å². The van der Waals surface area contributed by atoms with Crippen molar-refractivity contribution in [3.05, 3.63) is 36.7 Å². The molecular formula is C16H21N5O. The highest BCUT2D eigenvalue weighted by molar-refractivity contribution is 5.89. The van der Waals surface area contributed by atoms with Gasteiger partial charge in [-0.05, 0) is 39.0 Å². The molecule has 2 rings (SSSR count). The zero-order valence-corrected chi connectivity index (χ0v) is 13.3. The summed E-state index contributed by atoms with van der Waals surface area (Å²) in [5.41, 5.74) is 1.50. The van der Waals surface area contributed by atoms with Gasteiger partial charge in [0, 0.05) is 29.9 Å². The summed E-state index contributed by atoms with van der Waals surface area (Å²) in [5, 5.41) is 9.25. The molecule has 0 atom stereocenters. The van der Waals surface area contributed by atoms with E-state index in [2.05, 4.69) is 46.7 Å². The number of amides is 1. The molecule has 0 saturated heterocycles. The first-order valence-electron chi connectivity index (χ1n) is 7.07. The SMILES string of the molecule is CC(=O)Nc1cccc(Nc2cc(NC(C)(C)C)ncn2)c1. The van der Waals surface area contributed by atoms with E-state index in [1.54, 1.807) is 0 Å². The standard InChI is InChI=1S/C16H21N5O/c1-11(22)19-12-6-5-7-13(8-12)20-14-9-15(18-10-17-14)21-16(2,3)4/h5-10H,1-4H3,(H,19,22)(H2,17,18,20,21). The van der Waals surface area contributed by atoms with Gasteiger partial charge in [0.15, 0.2) is 0 Å². The molecule has 0 spiro atoms. The maximum absolute atomic E-state index is 11.1. The molecular weight excluding hydrogens is 278 g/mol. The Balaban J connectivity index is 2.13. The molecule has 0 bridgehead atoms. The third-order valence-corrected chi connectivity index (χ3v) is 2.63. The average Bonchev–Trinajstić information content (AvgIpc) is 2.36. The minimum Gasteiger partial charge on any atom is -0.365 e. The second-order valence-corrected chi connectivity index (χ2v) is 6.05. The molecule has 2 aromatic rings. The first-order valence-corrected chi connectivity index (χ1v) is 7.07. The number of rotatable bonds is 4. The molecule has 1 heterocycles. The Kier molecular flexibility index (Phi) is 4.60. The summed E-state index contributed by atoms with van der Waals surface area (Å²) in [5.74, 6) is 1.33. The van der Waals surface area contributed by atoms with Crippen LogP contribution in [0.1, 0.15) is 27.7 Å². The van der Waals surface area contributed by atoms with E-state index in [9.17, 15) is 4.79 Å². The summed E-state index contributed by atoms with van der Waals surface area (Å²) in [6.45, 7) is 7.69. The van der Waals surface area contributed by atoms with Crippen molar-refractivity contribution >= 4 is 28.9 Å². The highest BCUT2D eigenvalue weighted by Crippen LogP contribution is 2.21. The Labute approximate surface area is 130 Å². The molecule has 1 aromatic heterocycles.